The van der Waals surface area contributed by atoms with Crippen molar-refractivity contribution in [3.05, 3.63) is 30.1 Å². The van der Waals surface area contributed by atoms with E-state index in [0.29, 0.717) is 23.1 Å². The van der Waals surface area contributed by atoms with Crippen LogP contribution in [0.5, 0.6) is 0 Å². The van der Waals surface area contributed by atoms with E-state index in [2.05, 4.69) is 5.32 Å². The molecule has 0 bridgehead atoms. The maximum Gasteiger partial charge on any atom is 0.223 e. The molecule has 1 N–H and O–H groups in total. The van der Waals surface area contributed by atoms with Gasteiger partial charge >= 0.3 is 0 Å². The Morgan fingerprint density at radius 1 is 1.40 bits per heavy atom. The first-order valence-corrected chi connectivity index (χ1v) is 8.01. The molecule has 0 aromatic heterocycles. The van der Waals surface area contributed by atoms with Gasteiger partial charge in [-0.25, -0.2) is 4.39 Å². The molecule has 110 valence electrons. The number of likely N-dealkylation sites (tertiary alicyclic amines) is 1. The van der Waals surface area contributed by atoms with Gasteiger partial charge in [-0.1, -0.05) is 12.1 Å². The zero-order chi connectivity index (χ0) is 14.4. The first kappa shape index (κ1) is 15.3. The average Bonchev–Trinajstić information content (AvgIpc) is 2.49. The highest BCUT2D eigenvalue weighted by Gasteiger charge is 2.21. The second kappa shape index (κ2) is 7.64. The summed E-state index contributed by atoms with van der Waals surface area (Å²) in [5, 5.41) is 3.25. The Labute approximate surface area is 123 Å². The molecule has 1 heterocycles. The Morgan fingerprint density at radius 3 is 2.75 bits per heavy atom. The molecule has 2 rings (SSSR count). The lowest BCUT2D eigenvalue weighted by Crippen LogP contribution is -2.44. The Kier molecular flexibility index (Phi) is 5.86. The van der Waals surface area contributed by atoms with E-state index in [1.54, 1.807) is 12.1 Å². The van der Waals surface area contributed by atoms with Crippen LogP contribution in [0.25, 0.3) is 0 Å². The minimum atomic E-state index is -0.209. The van der Waals surface area contributed by atoms with Crippen LogP contribution in [0.1, 0.15) is 19.3 Å². The monoisotopic (exact) mass is 296 g/mol. The van der Waals surface area contributed by atoms with Crippen LogP contribution in [0.15, 0.2) is 29.2 Å². The molecular formula is C15H21FN2OS. The normalized spacial score (nSPS) is 16.4. The van der Waals surface area contributed by atoms with Crippen LogP contribution in [0.2, 0.25) is 0 Å². The summed E-state index contributed by atoms with van der Waals surface area (Å²) in [6.07, 6.45) is 2.51. The lowest BCUT2D eigenvalue weighted by molar-refractivity contribution is -0.131. The third-order valence-electron chi connectivity index (χ3n) is 3.67. The third kappa shape index (κ3) is 4.21. The molecule has 0 unspecified atom stereocenters. The summed E-state index contributed by atoms with van der Waals surface area (Å²) in [6, 6.07) is 7.23. The minimum Gasteiger partial charge on any atom is -0.343 e. The number of amides is 1. The maximum absolute atomic E-state index is 13.4. The predicted molar refractivity (Wildman–Crippen MR) is 80.4 cm³/mol. The fraction of sp³-hybridized carbons (Fsp3) is 0.533. The van der Waals surface area contributed by atoms with Crippen molar-refractivity contribution < 1.29 is 9.18 Å². The molecule has 5 heteroatoms. The number of thioether (sulfide) groups is 1. The summed E-state index contributed by atoms with van der Waals surface area (Å²) in [5.74, 6) is 0.606. The molecular weight excluding hydrogens is 275 g/mol. The number of rotatable bonds is 5. The van der Waals surface area contributed by atoms with Gasteiger partial charge in [-0.2, -0.15) is 0 Å². The van der Waals surface area contributed by atoms with E-state index >= 15 is 0 Å². The smallest absolute Gasteiger partial charge is 0.223 e. The van der Waals surface area contributed by atoms with Gasteiger partial charge in [0, 0.05) is 36.2 Å². The van der Waals surface area contributed by atoms with Gasteiger partial charge in [0.15, 0.2) is 0 Å². The quantitative estimate of drug-likeness (QED) is 0.848. The molecule has 0 aliphatic carbocycles. The van der Waals surface area contributed by atoms with E-state index < -0.39 is 0 Å². The van der Waals surface area contributed by atoms with Gasteiger partial charge in [-0.15, -0.1) is 11.8 Å². The zero-order valence-corrected chi connectivity index (χ0v) is 12.6. The lowest BCUT2D eigenvalue weighted by atomic mass is 10.1. The van der Waals surface area contributed by atoms with Crippen LogP contribution >= 0.6 is 11.8 Å². The third-order valence-corrected chi connectivity index (χ3v) is 4.72. The van der Waals surface area contributed by atoms with Crippen LogP contribution < -0.4 is 5.32 Å². The van der Waals surface area contributed by atoms with Crippen LogP contribution in [0.4, 0.5) is 4.39 Å². The summed E-state index contributed by atoms with van der Waals surface area (Å²) in [4.78, 5) is 14.6. The predicted octanol–water partition coefficient (Wildman–Crippen LogP) is 2.52. The summed E-state index contributed by atoms with van der Waals surface area (Å²) in [6.45, 7) is 1.66. The van der Waals surface area contributed by atoms with Gasteiger partial charge in [-0.05, 0) is 32.0 Å². The summed E-state index contributed by atoms with van der Waals surface area (Å²) in [5.41, 5.74) is 0. The van der Waals surface area contributed by atoms with Gasteiger partial charge in [0.05, 0.1) is 0 Å². The van der Waals surface area contributed by atoms with Crippen LogP contribution in [0.3, 0.4) is 0 Å². The molecule has 1 saturated heterocycles. The number of halogens is 1. The highest BCUT2D eigenvalue weighted by molar-refractivity contribution is 7.99. The van der Waals surface area contributed by atoms with Crippen molar-refractivity contribution in [2.24, 2.45) is 0 Å². The first-order chi connectivity index (χ1) is 9.70. The van der Waals surface area contributed by atoms with Crippen molar-refractivity contribution in [2.75, 3.05) is 25.9 Å². The number of carbonyl (C=O) groups excluding carboxylic acids is 1. The van der Waals surface area contributed by atoms with E-state index in [4.69, 9.17) is 0 Å². The number of nitrogens with zero attached hydrogens (tertiary/aromatic N) is 1. The second-order valence-electron chi connectivity index (χ2n) is 4.97. The van der Waals surface area contributed by atoms with E-state index in [9.17, 15) is 9.18 Å². The lowest BCUT2D eigenvalue weighted by Gasteiger charge is -2.31. The molecule has 1 fully saturated rings. The highest BCUT2D eigenvalue weighted by atomic mass is 32.2. The number of nitrogens with one attached hydrogen (secondary N) is 1. The van der Waals surface area contributed by atoms with Gasteiger partial charge in [-0.3, -0.25) is 4.79 Å². The molecule has 1 aromatic rings. The van der Waals surface area contributed by atoms with Crippen molar-refractivity contribution in [1.29, 1.82) is 0 Å². The summed E-state index contributed by atoms with van der Waals surface area (Å²) in [7, 11) is 1.97. The standard InChI is InChI=1S/C15H21FN2OS/c1-17-12-6-9-18(10-7-12)15(19)8-11-20-14-5-3-2-4-13(14)16/h2-5,12,17H,6-11H2,1H3. The van der Waals surface area contributed by atoms with Gasteiger partial charge < -0.3 is 10.2 Å². The van der Waals surface area contributed by atoms with E-state index in [1.807, 2.05) is 18.0 Å². The average molecular weight is 296 g/mol. The van der Waals surface area contributed by atoms with Gasteiger partial charge in [0.1, 0.15) is 5.82 Å². The molecule has 0 radical (unpaired) electrons. The molecule has 3 nitrogen and oxygen atoms in total. The molecule has 1 aliphatic rings. The molecule has 0 saturated carbocycles. The molecule has 20 heavy (non-hydrogen) atoms. The van der Waals surface area contributed by atoms with E-state index in [0.717, 1.165) is 25.9 Å². The molecule has 0 spiro atoms. The van der Waals surface area contributed by atoms with Crippen molar-refractivity contribution in [3.63, 3.8) is 0 Å². The fourth-order valence-electron chi connectivity index (χ4n) is 2.39. The Bertz CT molecular complexity index is 447. The fourth-order valence-corrected chi connectivity index (χ4v) is 3.26. The van der Waals surface area contributed by atoms with E-state index in [-0.39, 0.29) is 11.7 Å². The first-order valence-electron chi connectivity index (χ1n) is 7.03. The molecule has 0 atom stereocenters. The van der Waals surface area contributed by atoms with Crippen molar-refractivity contribution >= 4 is 17.7 Å². The minimum absolute atomic E-state index is 0.184. The van der Waals surface area contributed by atoms with Crippen LogP contribution in [-0.4, -0.2) is 42.7 Å². The molecule has 1 aromatic carbocycles. The SMILES string of the molecule is CNC1CCN(C(=O)CCSc2ccccc2F)CC1. The second-order valence-corrected chi connectivity index (χ2v) is 6.11. The van der Waals surface area contributed by atoms with E-state index in [1.165, 1.54) is 17.8 Å². The number of carbonyl (C=O) groups is 1. The maximum atomic E-state index is 13.4. The number of hydrogen-bond acceptors (Lipinski definition) is 3. The number of benzene rings is 1. The van der Waals surface area contributed by atoms with Gasteiger partial charge in [0.25, 0.3) is 0 Å². The Morgan fingerprint density at radius 2 is 2.10 bits per heavy atom. The highest BCUT2D eigenvalue weighted by Crippen LogP contribution is 2.22. The molecule has 1 amide bonds. The number of hydrogen-bond donors (Lipinski definition) is 1. The summed E-state index contributed by atoms with van der Waals surface area (Å²) < 4.78 is 13.4. The van der Waals surface area contributed by atoms with Crippen molar-refractivity contribution in [3.8, 4) is 0 Å². The number of piperidine rings is 1. The zero-order valence-electron chi connectivity index (χ0n) is 11.8. The largest absolute Gasteiger partial charge is 0.343 e. The van der Waals surface area contributed by atoms with Crippen molar-refractivity contribution in [1.82, 2.24) is 10.2 Å². The molecule has 1 aliphatic heterocycles. The summed E-state index contributed by atoms with van der Waals surface area (Å²) >= 11 is 1.41. The Hall–Kier alpha value is -1.07. The Balaban J connectivity index is 1.72. The topological polar surface area (TPSA) is 32.3 Å². The van der Waals surface area contributed by atoms with Crippen LogP contribution in [-0.2, 0) is 4.79 Å². The van der Waals surface area contributed by atoms with Gasteiger partial charge in [0.2, 0.25) is 5.91 Å². The van der Waals surface area contributed by atoms with Crippen molar-refractivity contribution in [2.45, 2.75) is 30.2 Å². The van der Waals surface area contributed by atoms with Crippen LogP contribution in [0, 0.1) is 5.82 Å².